The highest BCUT2D eigenvalue weighted by Crippen LogP contribution is 2.41. The number of hydrogen-bond donors (Lipinski definition) is 0. The van der Waals surface area contributed by atoms with E-state index in [1.807, 2.05) is 66.7 Å². The standard InChI is InChI=1S/C48H30N4/c49-31-32-20-22-35(23-21-32)39-16-8-17-42(30-39)47-50-46(36-12-2-1-3-13-36)51-48(52-47)44-19-9-18-43(40-26-24-33-10-4-6-14-37(33)28-40)45(44)41-27-25-34-11-5-7-15-38(34)29-41/h1-30H. The molecule has 52 heavy (non-hydrogen) atoms. The smallest absolute Gasteiger partial charge is 0.164 e. The molecule has 4 nitrogen and oxygen atoms in total. The lowest BCUT2D eigenvalue weighted by Crippen LogP contribution is -2.02. The molecule has 0 N–H and O–H groups in total. The second kappa shape index (κ2) is 13.2. The molecule has 1 aromatic heterocycles. The van der Waals surface area contributed by atoms with Crippen LogP contribution in [0.1, 0.15) is 5.56 Å². The first-order valence-corrected chi connectivity index (χ1v) is 17.2. The highest BCUT2D eigenvalue weighted by atomic mass is 15.0. The third kappa shape index (κ3) is 5.87. The number of benzene rings is 8. The lowest BCUT2D eigenvalue weighted by atomic mass is 9.88. The summed E-state index contributed by atoms with van der Waals surface area (Å²) in [5.41, 5.74) is 9.73. The van der Waals surface area contributed by atoms with E-state index >= 15 is 0 Å². The van der Waals surface area contributed by atoms with Gasteiger partial charge in [0.1, 0.15) is 0 Å². The van der Waals surface area contributed by atoms with Gasteiger partial charge in [0.2, 0.25) is 0 Å². The van der Waals surface area contributed by atoms with Crippen molar-refractivity contribution in [2.24, 2.45) is 0 Å². The third-order valence-electron chi connectivity index (χ3n) is 9.54. The summed E-state index contributed by atoms with van der Waals surface area (Å²) >= 11 is 0. The van der Waals surface area contributed by atoms with Gasteiger partial charge < -0.3 is 0 Å². The van der Waals surface area contributed by atoms with Crippen molar-refractivity contribution in [1.82, 2.24) is 15.0 Å². The van der Waals surface area contributed by atoms with Crippen LogP contribution in [0.5, 0.6) is 0 Å². The summed E-state index contributed by atoms with van der Waals surface area (Å²) in [6, 6.07) is 64.8. The van der Waals surface area contributed by atoms with Gasteiger partial charge in [-0.1, -0.05) is 152 Å². The topological polar surface area (TPSA) is 62.5 Å². The van der Waals surface area contributed by atoms with Crippen LogP contribution in [0.15, 0.2) is 182 Å². The lowest BCUT2D eigenvalue weighted by molar-refractivity contribution is 1.07. The van der Waals surface area contributed by atoms with Crippen LogP contribution >= 0.6 is 0 Å². The Morgan fingerprint density at radius 1 is 0.327 bits per heavy atom. The molecule has 0 fully saturated rings. The van der Waals surface area contributed by atoms with E-state index < -0.39 is 0 Å². The van der Waals surface area contributed by atoms with Crippen molar-refractivity contribution < 1.29 is 0 Å². The molecule has 0 aliphatic heterocycles. The highest BCUT2D eigenvalue weighted by molar-refractivity contribution is 5.99. The Kier molecular flexibility index (Phi) is 7.85. The largest absolute Gasteiger partial charge is 0.208 e. The van der Waals surface area contributed by atoms with E-state index in [0.29, 0.717) is 23.0 Å². The Balaban J connectivity index is 1.28. The average molecular weight is 663 g/mol. The van der Waals surface area contributed by atoms with Crippen LogP contribution in [0.4, 0.5) is 0 Å². The average Bonchev–Trinajstić information content (AvgIpc) is 3.23. The Hall–Kier alpha value is -7.22. The third-order valence-corrected chi connectivity index (χ3v) is 9.54. The van der Waals surface area contributed by atoms with Gasteiger partial charge in [-0.3, -0.25) is 0 Å². The number of hydrogen-bond acceptors (Lipinski definition) is 4. The molecule has 0 aliphatic rings. The molecular formula is C48H30N4. The molecule has 0 radical (unpaired) electrons. The minimum absolute atomic E-state index is 0.583. The summed E-state index contributed by atoms with van der Waals surface area (Å²) < 4.78 is 0. The number of nitrogens with zero attached hydrogens (tertiary/aromatic N) is 4. The maximum Gasteiger partial charge on any atom is 0.164 e. The minimum Gasteiger partial charge on any atom is -0.208 e. The van der Waals surface area contributed by atoms with Crippen LogP contribution in [-0.2, 0) is 0 Å². The van der Waals surface area contributed by atoms with E-state index in [4.69, 9.17) is 15.0 Å². The van der Waals surface area contributed by atoms with Crippen LogP contribution in [-0.4, -0.2) is 15.0 Å². The van der Waals surface area contributed by atoms with Gasteiger partial charge in [-0.2, -0.15) is 5.26 Å². The lowest BCUT2D eigenvalue weighted by Gasteiger charge is -2.17. The summed E-state index contributed by atoms with van der Waals surface area (Å²) in [6.45, 7) is 0. The van der Waals surface area contributed by atoms with Gasteiger partial charge in [-0.15, -0.1) is 0 Å². The summed E-state index contributed by atoms with van der Waals surface area (Å²) in [7, 11) is 0. The van der Waals surface area contributed by atoms with Crippen LogP contribution < -0.4 is 0 Å². The Morgan fingerprint density at radius 3 is 1.56 bits per heavy atom. The van der Waals surface area contributed by atoms with Crippen LogP contribution in [0, 0.1) is 11.3 Å². The van der Waals surface area contributed by atoms with Gasteiger partial charge in [0, 0.05) is 22.3 Å². The molecule has 0 atom stereocenters. The SMILES string of the molecule is N#Cc1ccc(-c2cccc(-c3nc(-c4ccccc4)nc(-c4cccc(-c5ccc6ccccc6c5)c4-c4ccc5ccccc5c4)n3)c2)cc1. The fourth-order valence-corrected chi connectivity index (χ4v) is 6.91. The molecule has 8 aromatic carbocycles. The maximum absolute atomic E-state index is 9.32. The predicted octanol–water partition coefficient (Wildman–Crippen LogP) is 12.1. The zero-order valence-corrected chi connectivity index (χ0v) is 28.1. The van der Waals surface area contributed by atoms with E-state index in [1.54, 1.807) is 0 Å². The minimum atomic E-state index is 0.583. The molecule has 0 spiro atoms. The number of nitriles is 1. The first kappa shape index (κ1) is 30.8. The molecule has 0 bridgehead atoms. The quantitative estimate of drug-likeness (QED) is 0.178. The molecule has 4 heteroatoms. The molecule has 9 rings (SSSR count). The Morgan fingerprint density at radius 2 is 0.846 bits per heavy atom. The molecule has 0 amide bonds. The summed E-state index contributed by atoms with van der Waals surface area (Å²) in [6.07, 6.45) is 0. The number of aromatic nitrogens is 3. The van der Waals surface area contributed by atoms with Crippen LogP contribution in [0.3, 0.4) is 0 Å². The normalized spacial score (nSPS) is 11.1. The second-order valence-electron chi connectivity index (χ2n) is 12.8. The van der Waals surface area contributed by atoms with Gasteiger partial charge in [-0.05, 0) is 79.7 Å². The van der Waals surface area contributed by atoms with Crippen molar-refractivity contribution >= 4 is 21.5 Å². The van der Waals surface area contributed by atoms with Crippen molar-refractivity contribution in [3.8, 4) is 73.6 Å². The van der Waals surface area contributed by atoms with E-state index in [0.717, 1.165) is 50.1 Å². The van der Waals surface area contributed by atoms with Gasteiger partial charge in [0.25, 0.3) is 0 Å². The van der Waals surface area contributed by atoms with Crippen molar-refractivity contribution in [1.29, 1.82) is 5.26 Å². The van der Waals surface area contributed by atoms with Crippen molar-refractivity contribution in [3.05, 3.63) is 188 Å². The predicted molar refractivity (Wildman–Crippen MR) is 212 cm³/mol. The van der Waals surface area contributed by atoms with E-state index in [2.05, 4.69) is 121 Å². The molecule has 1 heterocycles. The number of fused-ring (bicyclic) bond motifs is 2. The molecule has 0 saturated heterocycles. The summed E-state index contributed by atoms with van der Waals surface area (Å²) in [5, 5.41) is 14.1. The molecular weight excluding hydrogens is 633 g/mol. The van der Waals surface area contributed by atoms with E-state index in [-0.39, 0.29) is 0 Å². The molecule has 0 unspecified atom stereocenters. The molecule has 9 aromatic rings. The summed E-state index contributed by atoms with van der Waals surface area (Å²) in [5.74, 6) is 1.78. The summed E-state index contributed by atoms with van der Waals surface area (Å²) in [4.78, 5) is 15.5. The highest BCUT2D eigenvalue weighted by Gasteiger charge is 2.20. The first-order chi connectivity index (χ1) is 25.7. The van der Waals surface area contributed by atoms with Gasteiger partial charge in [-0.25, -0.2) is 15.0 Å². The van der Waals surface area contributed by atoms with Gasteiger partial charge in [0.05, 0.1) is 11.6 Å². The first-order valence-electron chi connectivity index (χ1n) is 17.2. The second-order valence-corrected chi connectivity index (χ2v) is 12.8. The fraction of sp³-hybridized carbons (Fsp3) is 0. The molecule has 242 valence electrons. The van der Waals surface area contributed by atoms with Crippen LogP contribution in [0.2, 0.25) is 0 Å². The molecule has 0 saturated carbocycles. The fourth-order valence-electron chi connectivity index (χ4n) is 6.91. The molecule has 0 aliphatic carbocycles. The zero-order valence-electron chi connectivity index (χ0n) is 28.1. The maximum atomic E-state index is 9.32. The Bertz CT molecular complexity index is 2800. The Labute approximate surface area is 302 Å². The zero-order chi connectivity index (χ0) is 34.9. The number of rotatable bonds is 6. The van der Waals surface area contributed by atoms with Crippen LogP contribution in [0.25, 0.3) is 89.1 Å². The monoisotopic (exact) mass is 662 g/mol. The van der Waals surface area contributed by atoms with Gasteiger partial charge >= 0.3 is 0 Å². The van der Waals surface area contributed by atoms with Gasteiger partial charge in [0.15, 0.2) is 17.5 Å². The van der Waals surface area contributed by atoms with E-state index in [9.17, 15) is 5.26 Å². The van der Waals surface area contributed by atoms with Crippen molar-refractivity contribution in [2.75, 3.05) is 0 Å². The van der Waals surface area contributed by atoms with E-state index in [1.165, 1.54) is 21.5 Å². The van der Waals surface area contributed by atoms with Crippen molar-refractivity contribution in [2.45, 2.75) is 0 Å². The van der Waals surface area contributed by atoms with Crippen molar-refractivity contribution in [3.63, 3.8) is 0 Å².